The first kappa shape index (κ1) is 19.1. The van der Waals surface area contributed by atoms with Crippen molar-refractivity contribution in [1.82, 2.24) is 4.57 Å². The molecule has 1 saturated heterocycles. The summed E-state index contributed by atoms with van der Waals surface area (Å²) in [6.07, 6.45) is -1.24. The van der Waals surface area contributed by atoms with Gasteiger partial charge in [-0.2, -0.15) is 0 Å². The molecule has 3 aromatic rings. The molecular formula is C20H19Cl2NO3S. The van der Waals surface area contributed by atoms with Gasteiger partial charge in [-0.3, -0.25) is 0 Å². The van der Waals surface area contributed by atoms with Gasteiger partial charge in [-0.15, -0.1) is 11.8 Å². The number of ether oxygens (including phenoxy) is 1. The number of benzene rings is 2. The quantitative estimate of drug-likeness (QED) is 0.574. The highest BCUT2D eigenvalue weighted by Gasteiger charge is 2.36. The Kier molecular flexibility index (Phi) is 5.69. The third kappa shape index (κ3) is 3.86. The zero-order chi connectivity index (χ0) is 19.0. The van der Waals surface area contributed by atoms with Crippen LogP contribution in [0.3, 0.4) is 0 Å². The molecule has 4 nitrogen and oxygen atoms in total. The minimum atomic E-state index is -0.702. The molecule has 0 aliphatic carbocycles. The summed E-state index contributed by atoms with van der Waals surface area (Å²) in [5.41, 5.74) is 2.12. The van der Waals surface area contributed by atoms with Crippen molar-refractivity contribution in [1.29, 1.82) is 0 Å². The maximum atomic E-state index is 10.2. The Bertz CT molecular complexity index is 947. The van der Waals surface area contributed by atoms with Crippen LogP contribution in [0.25, 0.3) is 10.9 Å². The fourth-order valence-corrected chi connectivity index (χ4v) is 4.78. The second-order valence-electron chi connectivity index (χ2n) is 6.57. The SMILES string of the molecule is OCC1OC(n2c(SCc3ccccc3)cc3cc(Cl)c(Cl)cc32)CC1O. The van der Waals surface area contributed by atoms with Crippen LogP contribution in [0.5, 0.6) is 0 Å². The predicted octanol–water partition coefficient (Wildman–Crippen LogP) is 4.88. The largest absolute Gasteiger partial charge is 0.394 e. The van der Waals surface area contributed by atoms with E-state index in [1.165, 1.54) is 5.56 Å². The summed E-state index contributed by atoms with van der Waals surface area (Å²) in [6, 6.07) is 16.0. The molecule has 3 unspecified atom stereocenters. The van der Waals surface area contributed by atoms with Crippen LogP contribution in [0.4, 0.5) is 0 Å². The molecule has 2 N–H and O–H groups in total. The highest BCUT2D eigenvalue weighted by Crippen LogP contribution is 2.40. The average molecular weight is 424 g/mol. The fourth-order valence-electron chi connectivity index (χ4n) is 3.37. The van der Waals surface area contributed by atoms with Crippen LogP contribution in [-0.2, 0) is 10.5 Å². The Morgan fingerprint density at radius 3 is 2.56 bits per heavy atom. The molecule has 2 aromatic carbocycles. The monoisotopic (exact) mass is 423 g/mol. The average Bonchev–Trinajstić information content (AvgIpc) is 3.20. The van der Waals surface area contributed by atoms with Gasteiger partial charge in [-0.1, -0.05) is 53.5 Å². The molecule has 0 amide bonds. The molecule has 0 saturated carbocycles. The van der Waals surface area contributed by atoms with Gasteiger partial charge in [0.15, 0.2) is 0 Å². The van der Waals surface area contributed by atoms with Gasteiger partial charge in [0, 0.05) is 17.6 Å². The van der Waals surface area contributed by atoms with Crippen LogP contribution in [0.1, 0.15) is 18.2 Å². The van der Waals surface area contributed by atoms with Crippen molar-refractivity contribution in [2.75, 3.05) is 6.61 Å². The summed E-state index contributed by atoms with van der Waals surface area (Å²) in [4.78, 5) is 0. The molecule has 0 radical (unpaired) electrons. The number of aliphatic hydroxyl groups is 2. The molecule has 3 atom stereocenters. The van der Waals surface area contributed by atoms with Gasteiger partial charge >= 0.3 is 0 Å². The zero-order valence-electron chi connectivity index (χ0n) is 14.4. The first-order valence-corrected chi connectivity index (χ1v) is 10.4. The lowest BCUT2D eigenvalue weighted by atomic mass is 10.2. The lowest BCUT2D eigenvalue weighted by Gasteiger charge is -2.18. The molecule has 142 valence electrons. The van der Waals surface area contributed by atoms with E-state index in [9.17, 15) is 10.2 Å². The molecule has 27 heavy (non-hydrogen) atoms. The van der Waals surface area contributed by atoms with Crippen LogP contribution in [0.15, 0.2) is 53.6 Å². The fraction of sp³-hybridized carbons (Fsp3) is 0.300. The highest BCUT2D eigenvalue weighted by atomic mass is 35.5. The van der Waals surface area contributed by atoms with Crippen LogP contribution in [0, 0.1) is 0 Å². The van der Waals surface area contributed by atoms with Crippen LogP contribution in [0.2, 0.25) is 10.0 Å². The Hall–Kier alpha value is -1.21. The molecule has 0 spiro atoms. The molecule has 4 rings (SSSR count). The number of fused-ring (bicyclic) bond motifs is 1. The van der Waals surface area contributed by atoms with Crippen molar-refractivity contribution in [2.24, 2.45) is 0 Å². The van der Waals surface area contributed by atoms with E-state index in [1.807, 2.05) is 34.9 Å². The topological polar surface area (TPSA) is 54.6 Å². The second kappa shape index (κ2) is 8.03. The van der Waals surface area contributed by atoms with Crippen LogP contribution < -0.4 is 0 Å². The molecule has 1 aliphatic rings. The number of rotatable bonds is 5. The summed E-state index contributed by atoms with van der Waals surface area (Å²) in [7, 11) is 0. The van der Waals surface area contributed by atoms with E-state index >= 15 is 0 Å². The zero-order valence-corrected chi connectivity index (χ0v) is 16.7. The first-order chi connectivity index (χ1) is 13.1. The predicted molar refractivity (Wildman–Crippen MR) is 110 cm³/mol. The van der Waals surface area contributed by atoms with Gasteiger partial charge in [-0.05, 0) is 23.8 Å². The Balaban J connectivity index is 1.73. The van der Waals surface area contributed by atoms with Crippen molar-refractivity contribution in [3.05, 3.63) is 64.1 Å². The highest BCUT2D eigenvalue weighted by molar-refractivity contribution is 7.98. The van der Waals surface area contributed by atoms with Crippen molar-refractivity contribution >= 4 is 45.9 Å². The van der Waals surface area contributed by atoms with Crippen LogP contribution in [-0.4, -0.2) is 33.6 Å². The number of nitrogens with zero attached hydrogens (tertiary/aromatic N) is 1. The molecule has 1 aliphatic heterocycles. The van der Waals surface area contributed by atoms with Gasteiger partial charge < -0.3 is 19.5 Å². The summed E-state index contributed by atoms with van der Waals surface area (Å²) < 4.78 is 7.96. The minimum absolute atomic E-state index is 0.212. The summed E-state index contributed by atoms with van der Waals surface area (Å²) in [5, 5.41) is 22.5. The van der Waals surface area contributed by atoms with Gasteiger partial charge in [0.2, 0.25) is 0 Å². The number of hydrogen-bond donors (Lipinski definition) is 2. The maximum absolute atomic E-state index is 10.2. The molecule has 1 fully saturated rings. The van der Waals surface area contributed by atoms with E-state index in [0.29, 0.717) is 16.5 Å². The molecule has 7 heteroatoms. The number of aromatic nitrogens is 1. The summed E-state index contributed by atoms with van der Waals surface area (Å²) >= 11 is 14.1. The van der Waals surface area contributed by atoms with Crippen molar-refractivity contribution < 1.29 is 14.9 Å². The van der Waals surface area contributed by atoms with Gasteiger partial charge in [0.25, 0.3) is 0 Å². The first-order valence-electron chi connectivity index (χ1n) is 8.68. The normalized spacial score (nSPS) is 22.6. The lowest BCUT2D eigenvalue weighted by molar-refractivity contribution is -0.0452. The van der Waals surface area contributed by atoms with E-state index in [1.54, 1.807) is 11.8 Å². The Labute approximate surface area is 171 Å². The number of thioether (sulfide) groups is 1. The smallest absolute Gasteiger partial charge is 0.138 e. The number of halogens is 2. The van der Waals surface area contributed by atoms with Crippen molar-refractivity contribution in [2.45, 2.75) is 35.6 Å². The van der Waals surface area contributed by atoms with Crippen molar-refractivity contribution in [3.8, 4) is 0 Å². The van der Waals surface area contributed by atoms with E-state index in [4.69, 9.17) is 27.9 Å². The van der Waals surface area contributed by atoms with Crippen molar-refractivity contribution in [3.63, 3.8) is 0 Å². The molecule has 1 aromatic heterocycles. The molecule has 0 bridgehead atoms. The molecule has 2 heterocycles. The standard InChI is InChI=1S/C20H19Cl2NO3S/c21-14-6-13-7-20(27-11-12-4-2-1-3-5-12)23(16(13)8-15(14)22)19-9-17(25)18(10-24)26-19/h1-8,17-19,24-25H,9-11H2. The Morgan fingerprint density at radius 1 is 1.11 bits per heavy atom. The van der Waals surface area contributed by atoms with E-state index in [0.717, 1.165) is 21.7 Å². The van der Waals surface area contributed by atoms with Gasteiger partial charge in [-0.25, -0.2) is 0 Å². The summed E-state index contributed by atoms with van der Waals surface area (Å²) in [5.74, 6) is 0.803. The Morgan fingerprint density at radius 2 is 1.85 bits per heavy atom. The van der Waals surface area contributed by atoms with E-state index in [2.05, 4.69) is 18.2 Å². The van der Waals surface area contributed by atoms with Gasteiger partial charge in [0.1, 0.15) is 12.3 Å². The minimum Gasteiger partial charge on any atom is -0.394 e. The third-order valence-electron chi connectivity index (χ3n) is 4.75. The second-order valence-corrected chi connectivity index (χ2v) is 8.38. The third-order valence-corrected chi connectivity index (χ3v) is 6.56. The van der Waals surface area contributed by atoms with E-state index in [-0.39, 0.29) is 12.8 Å². The number of hydrogen-bond acceptors (Lipinski definition) is 4. The molecular weight excluding hydrogens is 405 g/mol. The van der Waals surface area contributed by atoms with E-state index < -0.39 is 12.2 Å². The van der Waals surface area contributed by atoms with Crippen LogP contribution >= 0.6 is 35.0 Å². The number of aliphatic hydroxyl groups excluding tert-OH is 2. The van der Waals surface area contributed by atoms with Gasteiger partial charge in [0.05, 0.1) is 33.3 Å². The summed E-state index contributed by atoms with van der Waals surface area (Å²) in [6.45, 7) is -0.212. The maximum Gasteiger partial charge on any atom is 0.138 e. The lowest BCUT2D eigenvalue weighted by Crippen LogP contribution is -2.24.